The van der Waals surface area contributed by atoms with Gasteiger partial charge in [0.1, 0.15) is 17.2 Å². The molecule has 0 aromatic heterocycles. The number of allylic oxidation sites excluding steroid dienone is 1. The topological polar surface area (TPSA) is 82.1 Å². The smallest absolute Gasteiger partial charge is 0.387 e. The van der Waals surface area contributed by atoms with E-state index in [1.165, 1.54) is 43.3 Å². The summed E-state index contributed by atoms with van der Waals surface area (Å²) in [5, 5.41) is 8.81. The van der Waals surface area contributed by atoms with E-state index in [-0.39, 0.29) is 22.6 Å². The number of carboxylic acid groups (broad SMARTS) is 1. The van der Waals surface area contributed by atoms with Crippen LogP contribution in [0.25, 0.3) is 6.08 Å². The predicted octanol–water partition coefficient (Wildman–Crippen LogP) is 4.64. The Hall–Kier alpha value is -3.56. The normalized spacial score (nSPS) is 12.2. The minimum absolute atomic E-state index is 0.0421. The molecule has 0 bridgehead atoms. The lowest BCUT2D eigenvalue weighted by Crippen LogP contribution is -2.22. The molecule has 10 heteroatoms. The second-order valence-electron chi connectivity index (χ2n) is 5.78. The van der Waals surface area contributed by atoms with Crippen LogP contribution in [0.2, 0.25) is 0 Å². The van der Waals surface area contributed by atoms with Crippen molar-refractivity contribution in [3.8, 4) is 17.2 Å². The van der Waals surface area contributed by atoms with Gasteiger partial charge in [-0.3, -0.25) is 4.79 Å². The van der Waals surface area contributed by atoms with Gasteiger partial charge in [0.25, 0.3) is 0 Å². The highest BCUT2D eigenvalue weighted by Crippen LogP contribution is 2.28. The Kier molecular flexibility index (Phi) is 7.79. The number of benzene rings is 2. The number of halogens is 4. The molecule has 2 rings (SSSR count). The van der Waals surface area contributed by atoms with Gasteiger partial charge in [0.05, 0.1) is 0 Å². The first-order valence-electron chi connectivity index (χ1n) is 8.41. The number of aliphatic carboxylic acids is 1. The number of carbonyl (C=O) groups is 2. The fourth-order valence-corrected chi connectivity index (χ4v) is 2.24. The molecule has 1 atom stereocenters. The van der Waals surface area contributed by atoms with Crippen molar-refractivity contribution in [3.05, 3.63) is 59.7 Å². The Bertz CT molecular complexity index is 912. The van der Waals surface area contributed by atoms with E-state index in [0.717, 1.165) is 18.2 Å². The minimum atomic E-state index is -3.21. The Labute approximate surface area is 168 Å². The molecule has 6 nitrogen and oxygen atoms in total. The van der Waals surface area contributed by atoms with Crippen LogP contribution in [0.4, 0.5) is 17.6 Å². The summed E-state index contributed by atoms with van der Waals surface area (Å²) >= 11 is 0. The number of ether oxygens (including phenoxy) is 3. The van der Waals surface area contributed by atoms with Crippen LogP contribution in [0.3, 0.4) is 0 Å². The zero-order valence-electron chi connectivity index (χ0n) is 15.4. The van der Waals surface area contributed by atoms with Crippen LogP contribution in [0.5, 0.6) is 17.2 Å². The molecule has 0 aliphatic heterocycles. The maximum Gasteiger partial charge on any atom is 0.387 e. The molecule has 0 fully saturated rings. The van der Waals surface area contributed by atoms with E-state index in [9.17, 15) is 27.2 Å². The fraction of sp³-hybridized carbons (Fsp3) is 0.200. The summed E-state index contributed by atoms with van der Waals surface area (Å²) in [7, 11) is 0. The molecule has 0 spiro atoms. The van der Waals surface area contributed by atoms with Crippen molar-refractivity contribution in [3.63, 3.8) is 0 Å². The first-order valence-corrected chi connectivity index (χ1v) is 8.41. The zero-order valence-corrected chi connectivity index (χ0v) is 15.4. The lowest BCUT2D eigenvalue weighted by Gasteiger charge is -2.11. The van der Waals surface area contributed by atoms with Crippen molar-refractivity contribution >= 4 is 17.8 Å². The van der Waals surface area contributed by atoms with Crippen LogP contribution in [0, 0.1) is 0 Å². The quantitative estimate of drug-likeness (QED) is 0.337. The van der Waals surface area contributed by atoms with E-state index in [1.807, 2.05) is 0 Å². The fourth-order valence-electron chi connectivity index (χ4n) is 2.24. The Morgan fingerprint density at radius 2 is 1.50 bits per heavy atom. The van der Waals surface area contributed by atoms with Gasteiger partial charge in [-0.1, -0.05) is 0 Å². The lowest BCUT2D eigenvalue weighted by atomic mass is 10.1. The van der Waals surface area contributed by atoms with Crippen molar-refractivity contribution in [2.45, 2.75) is 26.3 Å². The van der Waals surface area contributed by atoms with E-state index in [2.05, 4.69) is 9.47 Å². The second-order valence-corrected chi connectivity index (χ2v) is 5.78. The molecule has 2 aromatic rings. The third-order valence-corrected chi connectivity index (χ3v) is 3.64. The average molecular weight is 428 g/mol. The van der Waals surface area contributed by atoms with Crippen molar-refractivity contribution in [2.75, 3.05) is 0 Å². The number of ketones is 1. The number of carboxylic acids is 1. The van der Waals surface area contributed by atoms with Crippen molar-refractivity contribution < 1.29 is 46.5 Å². The summed E-state index contributed by atoms with van der Waals surface area (Å²) in [5.74, 6) is -2.23. The standard InChI is InChI=1S/C20H16F4O6/c1-11(18(26)27)28-14-6-2-12(3-7-14)16(25)9-5-13-4-8-15(29-19(21)22)10-17(13)30-20(23)24/h2-11,19-20H,1H3,(H,26,27)/b9-5+. The summed E-state index contributed by atoms with van der Waals surface area (Å²) in [6, 6.07) is 8.76. The SMILES string of the molecule is CC(Oc1ccc(C(=O)/C=C/c2ccc(OC(F)F)cc2OC(F)F)cc1)C(=O)O. The van der Waals surface area contributed by atoms with E-state index >= 15 is 0 Å². The third kappa shape index (κ3) is 6.80. The van der Waals surface area contributed by atoms with Gasteiger partial charge in [-0.2, -0.15) is 17.6 Å². The monoisotopic (exact) mass is 428 g/mol. The van der Waals surface area contributed by atoms with Crippen molar-refractivity contribution in [1.29, 1.82) is 0 Å². The van der Waals surface area contributed by atoms with E-state index in [1.54, 1.807) is 0 Å². The lowest BCUT2D eigenvalue weighted by molar-refractivity contribution is -0.144. The molecule has 1 unspecified atom stereocenters. The maximum atomic E-state index is 12.6. The average Bonchev–Trinajstić information content (AvgIpc) is 2.66. The van der Waals surface area contributed by atoms with Gasteiger partial charge in [-0.25, -0.2) is 4.79 Å². The molecule has 0 aliphatic rings. The van der Waals surface area contributed by atoms with Gasteiger partial charge in [0.2, 0.25) is 0 Å². The summed E-state index contributed by atoms with van der Waals surface area (Å²) in [6.07, 6.45) is 1.19. The molecule has 160 valence electrons. The van der Waals surface area contributed by atoms with Crippen LogP contribution in [0.1, 0.15) is 22.8 Å². The van der Waals surface area contributed by atoms with Gasteiger partial charge in [0, 0.05) is 17.2 Å². The maximum absolute atomic E-state index is 12.6. The Balaban J connectivity index is 2.15. The Morgan fingerprint density at radius 3 is 2.07 bits per heavy atom. The predicted molar refractivity (Wildman–Crippen MR) is 97.2 cm³/mol. The summed E-state index contributed by atoms with van der Waals surface area (Å²) in [4.78, 5) is 23.0. The first-order chi connectivity index (χ1) is 14.2. The number of alkyl halides is 4. The van der Waals surface area contributed by atoms with E-state index < -0.39 is 36.8 Å². The zero-order chi connectivity index (χ0) is 22.3. The van der Waals surface area contributed by atoms with Gasteiger partial charge >= 0.3 is 19.2 Å². The summed E-state index contributed by atoms with van der Waals surface area (Å²) in [5.41, 5.74) is 0.260. The minimum Gasteiger partial charge on any atom is -0.479 e. The molecule has 0 radical (unpaired) electrons. The van der Waals surface area contributed by atoms with Crippen LogP contribution in [-0.2, 0) is 4.79 Å². The third-order valence-electron chi connectivity index (χ3n) is 3.64. The highest BCUT2D eigenvalue weighted by atomic mass is 19.3. The van der Waals surface area contributed by atoms with E-state index in [0.29, 0.717) is 0 Å². The van der Waals surface area contributed by atoms with Crippen molar-refractivity contribution in [2.24, 2.45) is 0 Å². The molecule has 0 amide bonds. The summed E-state index contributed by atoms with van der Waals surface area (Å²) in [6.45, 7) is -5.01. The molecule has 0 saturated carbocycles. The molecule has 2 aromatic carbocycles. The second kappa shape index (κ2) is 10.3. The number of carbonyl (C=O) groups excluding carboxylic acids is 1. The van der Waals surface area contributed by atoms with Gasteiger partial charge in [-0.05, 0) is 55.5 Å². The number of rotatable bonds is 10. The van der Waals surface area contributed by atoms with Gasteiger partial charge in [-0.15, -0.1) is 0 Å². The molecule has 30 heavy (non-hydrogen) atoms. The number of hydrogen-bond acceptors (Lipinski definition) is 5. The van der Waals surface area contributed by atoms with Crippen molar-refractivity contribution in [1.82, 2.24) is 0 Å². The van der Waals surface area contributed by atoms with Crippen LogP contribution in [-0.4, -0.2) is 36.2 Å². The van der Waals surface area contributed by atoms with Gasteiger partial charge in [0.15, 0.2) is 11.9 Å². The first kappa shape index (κ1) is 22.7. The van der Waals surface area contributed by atoms with E-state index in [4.69, 9.17) is 9.84 Å². The largest absolute Gasteiger partial charge is 0.479 e. The molecular weight excluding hydrogens is 412 g/mol. The molecule has 0 aliphatic carbocycles. The van der Waals surface area contributed by atoms with Crippen LogP contribution in [0.15, 0.2) is 48.5 Å². The van der Waals surface area contributed by atoms with Gasteiger partial charge < -0.3 is 19.3 Å². The molecule has 0 heterocycles. The number of hydrogen-bond donors (Lipinski definition) is 1. The molecular formula is C20H16F4O6. The molecule has 1 N–H and O–H groups in total. The van der Waals surface area contributed by atoms with Crippen LogP contribution < -0.4 is 14.2 Å². The Morgan fingerprint density at radius 1 is 0.900 bits per heavy atom. The molecule has 0 saturated heterocycles. The van der Waals surface area contributed by atoms with Crippen LogP contribution >= 0.6 is 0 Å². The summed E-state index contributed by atoms with van der Waals surface area (Å²) < 4.78 is 63.3. The highest BCUT2D eigenvalue weighted by molar-refractivity contribution is 6.07. The highest BCUT2D eigenvalue weighted by Gasteiger charge is 2.14.